The average molecular weight is 300 g/mol. The minimum Gasteiger partial charge on any atom is -1.00 e. The fourth-order valence-corrected chi connectivity index (χ4v) is 2.58. The third-order valence-electron chi connectivity index (χ3n) is 3.79. The van der Waals surface area contributed by atoms with Gasteiger partial charge < -0.3 is 27.6 Å². The smallest absolute Gasteiger partial charge is 0.201 e. The molecule has 1 saturated carbocycles. The summed E-state index contributed by atoms with van der Waals surface area (Å²) in [6, 6.07) is 8.61. The van der Waals surface area contributed by atoms with Gasteiger partial charge in [0.15, 0.2) is 6.61 Å². The second kappa shape index (κ2) is 9.22. The molecule has 1 fully saturated rings. The Labute approximate surface area is 128 Å². The lowest BCUT2D eigenvalue weighted by molar-refractivity contribution is -0.00000583. The Balaban J connectivity index is 0.00000200. The molecule has 1 atom stereocenters. The summed E-state index contributed by atoms with van der Waals surface area (Å²) in [5.41, 5.74) is 1.13. The molecule has 1 aliphatic rings. The van der Waals surface area contributed by atoms with Crippen LogP contribution in [-0.2, 0) is 0 Å². The van der Waals surface area contributed by atoms with Crippen LogP contribution in [0.25, 0.3) is 0 Å². The van der Waals surface area contributed by atoms with E-state index in [0.29, 0.717) is 12.6 Å². The second-order valence-corrected chi connectivity index (χ2v) is 5.52. The highest BCUT2D eigenvalue weighted by Gasteiger charge is 2.16. The van der Waals surface area contributed by atoms with E-state index in [9.17, 15) is 0 Å². The molecule has 114 valence electrons. The molecule has 0 radical (unpaired) electrons. The Morgan fingerprint density at radius 2 is 1.95 bits per heavy atom. The summed E-state index contributed by atoms with van der Waals surface area (Å²) >= 11 is 0. The number of hydrogen-bond acceptors (Lipinski definition) is 2. The van der Waals surface area contributed by atoms with E-state index in [2.05, 4.69) is 5.32 Å². The zero-order chi connectivity index (χ0) is 13.5. The van der Waals surface area contributed by atoms with Gasteiger partial charge in [-0.25, -0.2) is 0 Å². The van der Waals surface area contributed by atoms with Crippen molar-refractivity contribution in [1.29, 1.82) is 0 Å². The highest BCUT2D eigenvalue weighted by atomic mass is 35.5. The van der Waals surface area contributed by atoms with E-state index >= 15 is 0 Å². The van der Waals surface area contributed by atoms with E-state index in [4.69, 9.17) is 9.84 Å². The van der Waals surface area contributed by atoms with Crippen LogP contribution in [0.5, 0.6) is 5.75 Å². The summed E-state index contributed by atoms with van der Waals surface area (Å²) in [6.07, 6.45) is 6.39. The quantitative estimate of drug-likeness (QED) is 0.713. The van der Waals surface area contributed by atoms with E-state index in [-0.39, 0.29) is 18.5 Å². The molecule has 0 heterocycles. The number of hydrogen-bond donors (Lipinski definition) is 1. The van der Waals surface area contributed by atoms with Crippen LogP contribution in [0, 0.1) is 6.92 Å². The molecule has 0 aliphatic heterocycles. The van der Waals surface area contributed by atoms with Crippen LogP contribution in [0.3, 0.4) is 0 Å². The molecule has 0 saturated heterocycles. The molecular weight excluding hydrogens is 274 g/mol. The SMILES string of the molecule is Cc1ccccc1OCC([OH2+])CNC1CCCCC1.[Cl-]. The minimum absolute atomic E-state index is 0. The monoisotopic (exact) mass is 299 g/mol. The molecular formula is C16H26ClNO2. The Bertz CT molecular complexity index is 380. The van der Waals surface area contributed by atoms with Gasteiger partial charge in [-0.2, -0.15) is 0 Å². The summed E-state index contributed by atoms with van der Waals surface area (Å²) in [5, 5.41) is 11.5. The van der Waals surface area contributed by atoms with Gasteiger partial charge in [-0.1, -0.05) is 37.5 Å². The van der Waals surface area contributed by atoms with Crippen molar-refractivity contribution in [2.75, 3.05) is 13.2 Å². The van der Waals surface area contributed by atoms with Crippen molar-refractivity contribution in [3.05, 3.63) is 29.8 Å². The zero-order valence-electron chi connectivity index (χ0n) is 12.2. The lowest BCUT2D eigenvalue weighted by Crippen LogP contribution is -3.00. The van der Waals surface area contributed by atoms with E-state index in [1.165, 1.54) is 32.1 Å². The topological polar surface area (TPSA) is 44.2 Å². The molecule has 1 unspecified atom stereocenters. The van der Waals surface area contributed by atoms with Crippen molar-refractivity contribution in [2.24, 2.45) is 0 Å². The first-order valence-electron chi connectivity index (χ1n) is 7.38. The number of rotatable bonds is 6. The predicted octanol–water partition coefficient (Wildman–Crippen LogP) is -0.607. The fourth-order valence-electron chi connectivity index (χ4n) is 2.58. The number of halogens is 1. The number of para-hydroxylation sites is 1. The summed E-state index contributed by atoms with van der Waals surface area (Å²) in [7, 11) is 0. The molecule has 20 heavy (non-hydrogen) atoms. The third-order valence-corrected chi connectivity index (χ3v) is 3.79. The summed E-state index contributed by atoms with van der Waals surface area (Å²) in [6.45, 7) is 3.23. The molecule has 0 bridgehead atoms. The van der Waals surface area contributed by atoms with Gasteiger partial charge in [0, 0.05) is 6.04 Å². The lowest BCUT2D eigenvalue weighted by Gasteiger charge is -2.23. The van der Waals surface area contributed by atoms with Gasteiger partial charge in [-0.15, -0.1) is 0 Å². The van der Waals surface area contributed by atoms with Gasteiger partial charge >= 0.3 is 0 Å². The largest absolute Gasteiger partial charge is 1.00 e. The van der Waals surface area contributed by atoms with E-state index in [0.717, 1.165) is 17.9 Å². The molecule has 0 spiro atoms. The maximum absolute atomic E-state index is 8.02. The summed E-state index contributed by atoms with van der Waals surface area (Å²) in [4.78, 5) is 0. The molecule has 1 aliphatic carbocycles. The molecule has 0 aromatic heterocycles. The van der Waals surface area contributed by atoms with Gasteiger partial charge in [-0.05, 0) is 31.4 Å². The van der Waals surface area contributed by atoms with Crippen molar-refractivity contribution >= 4 is 0 Å². The number of benzene rings is 1. The summed E-state index contributed by atoms with van der Waals surface area (Å²) in [5.74, 6) is 0.900. The van der Waals surface area contributed by atoms with E-state index in [1.807, 2.05) is 31.2 Å². The first kappa shape index (κ1) is 17.3. The number of nitrogens with one attached hydrogen (secondary N) is 1. The van der Waals surface area contributed by atoms with Crippen LogP contribution >= 0.6 is 0 Å². The van der Waals surface area contributed by atoms with Crippen molar-refractivity contribution in [3.8, 4) is 5.75 Å². The molecule has 0 amide bonds. The van der Waals surface area contributed by atoms with Crippen LogP contribution in [0.1, 0.15) is 37.7 Å². The van der Waals surface area contributed by atoms with Crippen molar-refractivity contribution in [3.63, 3.8) is 0 Å². The maximum Gasteiger partial charge on any atom is 0.201 e. The molecule has 2 rings (SSSR count). The maximum atomic E-state index is 8.02. The molecule has 1 aromatic carbocycles. The molecule has 4 heteroatoms. The van der Waals surface area contributed by atoms with E-state index < -0.39 is 0 Å². The molecule has 3 N–H and O–H groups in total. The normalized spacial score (nSPS) is 17.3. The van der Waals surface area contributed by atoms with Gasteiger partial charge in [0.1, 0.15) is 5.75 Å². The number of ether oxygens (including phenoxy) is 1. The first-order chi connectivity index (χ1) is 9.25. The van der Waals surface area contributed by atoms with Crippen molar-refractivity contribution < 1.29 is 22.3 Å². The van der Waals surface area contributed by atoms with Crippen LogP contribution < -0.4 is 22.5 Å². The van der Waals surface area contributed by atoms with Crippen LogP contribution in [0.15, 0.2) is 24.3 Å². The van der Waals surface area contributed by atoms with Crippen molar-refractivity contribution in [1.82, 2.24) is 5.32 Å². The molecule has 3 nitrogen and oxygen atoms in total. The Hall–Kier alpha value is -0.770. The molecule has 1 aromatic rings. The van der Waals surface area contributed by atoms with Gasteiger partial charge in [0.2, 0.25) is 6.10 Å². The Kier molecular flexibility index (Phi) is 7.97. The highest BCUT2D eigenvalue weighted by molar-refractivity contribution is 5.31. The minimum atomic E-state index is -0.193. The van der Waals surface area contributed by atoms with Crippen LogP contribution in [0.4, 0.5) is 0 Å². The zero-order valence-corrected chi connectivity index (χ0v) is 13.0. The van der Waals surface area contributed by atoms with Gasteiger partial charge in [0.25, 0.3) is 0 Å². The van der Waals surface area contributed by atoms with Gasteiger partial charge in [-0.3, -0.25) is 0 Å². The fraction of sp³-hybridized carbons (Fsp3) is 0.625. The van der Waals surface area contributed by atoms with Crippen LogP contribution in [0.2, 0.25) is 0 Å². The Morgan fingerprint density at radius 3 is 2.65 bits per heavy atom. The second-order valence-electron chi connectivity index (χ2n) is 5.52. The standard InChI is InChI=1S/C16H25NO2.ClH/c1-13-7-5-6-10-16(13)19-12-15(18)11-17-14-8-3-2-4-9-14;/h5-7,10,14-15,17-18H,2-4,8-9,11-12H2,1H3;1H. The van der Waals surface area contributed by atoms with Gasteiger partial charge in [0.05, 0.1) is 6.54 Å². The average Bonchev–Trinajstić information content (AvgIpc) is 2.45. The highest BCUT2D eigenvalue weighted by Crippen LogP contribution is 2.18. The lowest BCUT2D eigenvalue weighted by atomic mass is 9.95. The Morgan fingerprint density at radius 1 is 1.25 bits per heavy atom. The number of aryl methyl sites for hydroxylation is 1. The first-order valence-corrected chi connectivity index (χ1v) is 7.38. The predicted molar refractivity (Wildman–Crippen MR) is 79.0 cm³/mol. The summed E-state index contributed by atoms with van der Waals surface area (Å²) < 4.78 is 5.71. The third kappa shape index (κ3) is 5.70. The van der Waals surface area contributed by atoms with Crippen LogP contribution in [-0.4, -0.2) is 30.4 Å². The van der Waals surface area contributed by atoms with Crippen molar-refractivity contribution in [2.45, 2.75) is 51.2 Å². The van der Waals surface area contributed by atoms with E-state index in [1.54, 1.807) is 0 Å².